The molecule has 0 aliphatic heterocycles. The van der Waals surface area contributed by atoms with Crippen LogP contribution in [0.25, 0.3) is 5.76 Å². The minimum Gasteiger partial charge on any atom is -0.507 e. The quantitative estimate of drug-likeness (QED) is 0.339. The van der Waals surface area contributed by atoms with E-state index < -0.39 is 11.8 Å². The second-order valence-corrected chi connectivity index (χ2v) is 6.57. The second kappa shape index (κ2) is 9.37. The highest BCUT2D eigenvalue weighted by Crippen LogP contribution is 2.23. The van der Waals surface area contributed by atoms with Crippen molar-refractivity contribution in [2.45, 2.75) is 13.1 Å². The fraction of sp³-hybridized carbons (Fsp3) is 0.0833. The molecule has 0 amide bonds. The summed E-state index contributed by atoms with van der Waals surface area (Å²) in [7, 11) is 0. The lowest BCUT2D eigenvalue weighted by Gasteiger charge is -2.25. The molecule has 5 heteroatoms. The number of carboxylic acid groups (broad SMARTS) is 1. The number of rotatable bonds is 8. The Morgan fingerprint density at radius 2 is 1.21 bits per heavy atom. The molecular formula is C24H21NO4. The third kappa shape index (κ3) is 5.56. The number of hydrogen-bond acceptors (Lipinski definition) is 4. The number of carbonyl (C=O) groups is 2. The number of hydrogen-bond donors (Lipinski definition) is 2. The van der Waals surface area contributed by atoms with Gasteiger partial charge in [0.1, 0.15) is 5.76 Å². The van der Waals surface area contributed by atoms with Gasteiger partial charge >= 0.3 is 5.97 Å². The smallest absolute Gasteiger partial charge is 0.376 e. The van der Waals surface area contributed by atoms with Crippen LogP contribution in [0.1, 0.15) is 16.7 Å². The fourth-order valence-electron chi connectivity index (χ4n) is 2.96. The lowest BCUT2D eigenvalue weighted by atomic mass is 10.1. The van der Waals surface area contributed by atoms with Gasteiger partial charge in [-0.1, -0.05) is 60.7 Å². The van der Waals surface area contributed by atoms with Gasteiger partial charge in [-0.05, 0) is 35.4 Å². The van der Waals surface area contributed by atoms with Gasteiger partial charge in [-0.25, -0.2) is 4.79 Å². The summed E-state index contributed by atoms with van der Waals surface area (Å²) >= 11 is 0. The summed E-state index contributed by atoms with van der Waals surface area (Å²) in [5, 5.41) is 18.7. The van der Waals surface area contributed by atoms with Crippen LogP contribution in [-0.2, 0) is 22.7 Å². The van der Waals surface area contributed by atoms with Crippen molar-refractivity contribution in [1.82, 2.24) is 0 Å². The van der Waals surface area contributed by atoms with Crippen LogP contribution >= 0.6 is 0 Å². The predicted octanol–water partition coefficient (Wildman–Crippen LogP) is 4.45. The predicted molar refractivity (Wildman–Crippen MR) is 112 cm³/mol. The van der Waals surface area contributed by atoms with E-state index in [-0.39, 0.29) is 5.76 Å². The number of anilines is 1. The number of ketones is 1. The molecule has 0 heterocycles. The largest absolute Gasteiger partial charge is 0.507 e. The van der Waals surface area contributed by atoms with Crippen LogP contribution in [0.4, 0.5) is 5.69 Å². The van der Waals surface area contributed by atoms with Crippen LogP contribution in [0.5, 0.6) is 0 Å². The highest BCUT2D eigenvalue weighted by atomic mass is 16.4. The number of aliphatic carboxylic acids is 1. The lowest BCUT2D eigenvalue weighted by Crippen LogP contribution is -2.22. The Morgan fingerprint density at radius 3 is 1.66 bits per heavy atom. The Bertz CT molecular complexity index is 955. The summed E-state index contributed by atoms with van der Waals surface area (Å²) < 4.78 is 0. The minimum absolute atomic E-state index is 0.374. The molecule has 3 rings (SSSR count). The molecule has 29 heavy (non-hydrogen) atoms. The van der Waals surface area contributed by atoms with Gasteiger partial charge in [-0.2, -0.15) is 0 Å². The molecule has 0 aliphatic carbocycles. The van der Waals surface area contributed by atoms with Crippen LogP contribution in [0.2, 0.25) is 0 Å². The van der Waals surface area contributed by atoms with E-state index in [1.54, 1.807) is 12.1 Å². The molecule has 0 saturated carbocycles. The molecule has 0 saturated heterocycles. The summed E-state index contributed by atoms with van der Waals surface area (Å²) in [5.41, 5.74) is 3.66. The first-order valence-corrected chi connectivity index (χ1v) is 9.14. The van der Waals surface area contributed by atoms with E-state index in [9.17, 15) is 14.7 Å². The van der Waals surface area contributed by atoms with Gasteiger partial charge in [0.25, 0.3) is 5.78 Å². The van der Waals surface area contributed by atoms with Gasteiger partial charge in [0.05, 0.1) is 0 Å². The zero-order chi connectivity index (χ0) is 20.6. The summed E-state index contributed by atoms with van der Waals surface area (Å²) in [6.45, 7) is 1.41. The molecule has 0 unspecified atom stereocenters. The number of aliphatic hydroxyl groups is 1. The van der Waals surface area contributed by atoms with Crippen molar-refractivity contribution in [2.24, 2.45) is 0 Å². The number of benzene rings is 3. The van der Waals surface area contributed by atoms with Gasteiger partial charge in [-0.15, -0.1) is 0 Å². The molecule has 0 fully saturated rings. The first kappa shape index (κ1) is 19.9. The molecule has 5 nitrogen and oxygen atoms in total. The van der Waals surface area contributed by atoms with Crippen LogP contribution in [0, 0.1) is 0 Å². The van der Waals surface area contributed by atoms with E-state index in [1.165, 1.54) is 11.1 Å². The number of nitrogens with zero attached hydrogens (tertiary/aromatic N) is 1. The highest BCUT2D eigenvalue weighted by molar-refractivity contribution is 6.38. The Morgan fingerprint density at radius 1 is 0.724 bits per heavy atom. The van der Waals surface area contributed by atoms with E-state index in [2.05, 4.69) is 29.2 Å². The third-order valence-corrected chi connectivity index (χ3v) is 4.44. The zero-order valence-electron chi connectivity index (χ0n) is 15.7. The van der Waals surface area contributed by atoms with E-state index in [0.29, 0.717) is 24.7 Å². The van der Waals surface area contributed by atoms with Crippen LogP contribution in [-0.4, -0.2) is 22.0 Å². The SMILES string of the molecule is O=C(O)C(=O)/C=C(\O)c1ccc(N(Cc2ccccc2)Cc2ccccc2)cc1. The molecule has 146 valence electrons. The van der Waals surface area contributed by atoms with Crippen molar-refractivity contribution in [1.29, 1.82) is 0 Å². The van der Waals surface area contributed by atoms with Crippen LogP contribution < -0.4 is 4.90 Å². The normalized spacial score (nSPS) is 11.1. The van der Waals surface area contributed by atoms with Crippen molar-refractivity contribution >= 4 is 23.2 Å². The maximum atomic E-state index is 11.3. The molecular weight excluding hydrogens is 366 g/mol. The lowest BCUT2D eigenvalue weighted by molar-refractivity contribution is -0.146. The Hall–Kier alpha value is -3.86. The molecule has 0 radical (unpaired) electrons. The molecule has 0 bridgehead atoms. The third-order valence-electron chi connectivity index (χ3n) is 4.44. The molecule has 0 aliphatic rings. The molecule has 3 aromatic rings. The average Bonchev–Trinajstić information content (AvgIpc) is 2.75. The first-order chi connectivity index (χ1) is 14.0. The molecule has 0 spiro atoms. The van der Waals surface area contributed by atoms with Gasteiger partial charge in [0.15, 0.2) is 0 Å². The van der Waals surface area contributed by atoms with Crippen LogP contribution in [0.3, 0.4) is 0 Å². The minimum atomic E-state index is -1.61. The van der Waals surface area contributed by atoms with Crippen molar-refractivity contribution in [2.75, 3.05) is 4.90 Å². The topological polar surface area (TPSA) is 77.8 Å². The summed E-state index contributed by atoms with van der Waals surface area (Å²) in [5.74, 6) is -3.15. The average molecular weight is 387 g/mol. The van der Waals surface area contributed by atoms with Gasteiger partial charge in [0, 0.05) is 30.4 Å². The Kier molecular flexibility index (Phi) is 6.43. The number of carbonyl (C=O) groups excluding carboxylic acids is 1. The highest BCUT2D eigenvalue weighted by Gasteiger charge is 2.12. The van der Waals surface area contributed by atoms with Crippen molar-refractivity contribution in [3.63, 3.8) is 0 Å². The van der Waals surface area contributed by atoms with Gasteiger partial charge in [-0.3, -0.25) is 4.79 Å². The summed E-state index contributed by atoms with van der Waals surface area (Å²) in [4.78, 5) is 24.1. The van der Waals surface area contributed by atoms with Crippen LogP contribution in [0.15, 0.2) is 91.0 Å². The maximum absolute atomic E-state index is 11.3. The molecule has 3 aromatic carbocycles. The van der Waals surface area contributed by atoms with E-state index in [0.717, 1.165) is 5.69 Å². The summed E-state index contributed by atoms with van der Waals surface area (Å²) in [6.07, 6.45) is 0.711. The molecule has 0 atom stereocenters. The van der Waals surface area contributed by atoms with E-state index in [4.69, 9.17) is 5.11 Å². The van der Waals surface area contributed by atoms with E-state index >= 15 is 0 Å². The Balaban J connectivity index is 1.85. The zero-order valence-corrected chi connectivity index (χ0v) is 15.7. The standard InChI is InChI=1S/C24H21NO4/c26-22(15-23(27)24(28)29)20-11-13-21(14-12-20)25(16-18-7-3-1-4-8-18)17-19-9-5-2-6-10-19/h1-15,26H,16-17H2,(H,28,29)/b22-15-. The van der Waals surface area contributed by atoms with Crippen molar-refractivity contribution in [3.05, 3.63) is 108 Å². The molecule has 0 aromatic heterocycles. The van der Waals surface area contributed by atoms with Crippen molar-refractivity contribution < 1.29 is 19.8 Å². The van der Waals surface area contributed by atoms with E-state index in [1.807, 2.05) is 48.5 Å². The maximum Gasteiger partial charge on any atom is 0.376 e. The van der Waals surface area contributed by atoms with Gasteiger partial charge < -0.3 is 15.1 Å². The van der Waals surface area contributed by atoms with Crippen molar-refractivity contribution in [3.8, 4) is 0 Å². The number of carboxylic acids is 1. The number of aliphatic hydroxyl groups excluding tert-OH is 1. The molecule has 2 N–H and O–H groups in total. The Labute approximate surface area is 169 Å². The van der Waals surface area contributed by atoms with Gasteiger partial charge in [0.2, 0.25) is 0 Å². The fourth-order valence-corrected chi connectivity index (χ4v) is 2.96. The second-order valence-electron chi connectivity index (χ2n) is 6.57. The summed E-state index contributed by atoms with van der Waals surface area (Å²) in [6, 6.07) is 27.3. The monoisotopic (exact) mass is 387 g/mol. The first-order valence-electron chi connectivity index (χ1n) is 9.14.